The van der Waals surface area contributed by atoms with Crippen LogP contribution in [0.25, 0.3) is 0 Å². The fourth-order valence-corrected chi connectivity index (χ4v) is 0.524. The summed E-state index contributed by atoms with van der Waals surface area (Å²) >= 11 is 0. The predicted molar refractivity (Wildman–Crippen MR) is 31.8 cm³/mol. The molecule has 0 aromatic carbocycles. The van der Waals surface area contributed by atoms with Gasteiger partial charge >= 0.3 is 0 Å². The summed E-state index contributed by atoms with van der Waals surface area (Å²) in [7, 11) is 0. The zero-order valence-electron chi connectivity index (χ0n) is 5.01. The molecule has 0 atom stereocenters. The Bertz CT molecular complexity index is 31.5. The van der Waals surface area contributed by atoms with Gasteiger partial charge in [-0.3, -0.25) is 0 Å². The van der Waals surface area contributed by atoms with Gasteiger partial charge in [0.1, 0.15) is 0 Å². The maximum absolute atomic E-state index is 8.29. The lowest BCUT2D eigenvalue weighted by Crippen LogP contribution is -1.82. The van der Waals surface area contributed by atoms with E-state index in [1.54, 1.807) is 0 Å². The Morgan fingerprint density at radius 3 is 2.38 bits per heavy atom. The van der Waals surface area contributed by atoms with Gasteiger partial charge in [-0.25, -0.2) is 0 Å². The van der Waals surface area contributed by atoms with E-state index in [0.29, 0.717) is 0 Å². The SMILES string of the molecule is O[CH]CCCCCO. The van der Waals surface area contributed by atoms with Gasteiger partial charge in [0.2, 0.25) is 0 Å². The summed E-state index contributed by atoms with van der Waals surface area (Å²) in [5.74, 6) is 0. The lowest BCUT2D eigenvalue weighted by Gasteiger charge is -1.92. The topological polar surface area (TPSA) is 40.5 Å². The molecule has 0 aliphatic rings. The normalized spacial score (nSPS) is 9.75. The van der Waals surface area contributed by atoms with Crippen LogP contribution in [0.15, 0.2) is 0 Å². The van der Waals surface area contributed by atoms with Crippen molar-refractivity contribution in [3.05, 3.63) is 6.61 Å². The van der Waals surface area contributed by atoms with Gasteiger partial charge in [0.25, 0.3) is 0 Å². The predicted octanol–water partition coefficient (Wildman–Crippen LogP) is 1.07. The second-order valence-electron chi connectivity index (χ2n) is 1.76. The van der Waals surface area contributed by atoms with E-state index in [0.717, 1.165) is 32.3 Å². The summed E-state index contributed by atoms with van der Waals surface area (Å²) in [6, 6.07) is 0. The van der Waals surface area contributed by atoms with E-state index < -0.39 is 0 Å². The van der Waals surface area contributed by atoms with Gasteiger partial charge in [-0.1, -0.05) is 12.8 Å². The summed E-state index contributed by atoms with van der Waals surface area (Å²) < 4.78 is 0. The average molecular weight is 117 g/mol. The molecule has 0 unspecified atom stereocenters. The van der Waals surface area contributed by atoms with Crippen LogP contribution in [-0.4, -0.2) is 16.8 Å². The van der Waals surface area contributed by atoms with E-state index in [2.05, 4.69) is 0 Å². The third-order valence-electron chi connectivity index (χ3n) is 0.991. The molecular formula is C6H13O2. The molecule has 0 rings (SSSR count). The second kappa shape index (κ2) is 6.92. The summed E-state index contributed by atoms with van der Waals surface area (Å²) in [4.78, 5) is 0. The largest absolute Gasteiger partial charge is 0.396 e. The Balaban J connectivity index is 2.53. The van der Waals surface area contributed by atoms with Gasteiger partial charge in [0.15, 0.2) is 0 Å². The minimum atomic E-state index is 0.269. The maximum Gasteiger partial charge on any atom is 0.0799 e. The highest BCUT2D eigenvalue weighted by Gasteiger charge is 1.85. The third kappa shape index (κ3) is 5.92. The van der Waals surface area contributed by atoms with Gasteiger partial charge in [0, 0.05) is 6.61 Å². The van der Waals surface area contributed by atoms with Crippen LogP contribution in [0.4, 0.5) is 0 Å². The van der Waals surface area contributed by atoms with Gasteiger partial charge in [0.05, 0.1) is 6.61 Å². The highest BCUT2D eigenvalue weighted by Crippen LogP contribution is 1.98. The van der Waals surface area contributed by atoms with E-state index in [-0.39, 0.29) is 6.61 Å². The van der Waals surface area contributed by atoms with Crippen LogP contribution < -0.4 is 0 Å². The lowest BCUT2D eigenvalue weighted by atomic mass is 10.2. The van der Waals surface area contributed by atoms with E-state index in [1.165, 1.54) is 0 Å². The summed E-state index contributed by atoms with van der Waals surface area (Å²) in [6.45, 7) is 1.43. The average Bonchev–Trinajstić information content (AvgIpc) is 1.81. The molecule has 2 nitrogen and oxygen atoms in total. The van der Waals surface area contributed by atoms with Crippen LogP contribution >= 0.6 is 0 Å². The van der Waals surface area contributed by atoms with Crippen molar-refractivity contribution in [2.75, 3.05) is 6.61 Å². The van der Waals surface area contributed by atoms with Gasteiger partial charge in [-0.05, 0) is 12.8 Å². The van der Waals surface area contributed by atoms with Crippen LogP contribution in [0.3, 0.4) is 0 Å². The quantitative estimate of drug-likeness (QED) is 0.529. The van der Waals surface area contributed by atoms with Crippen LogP contribution in [0.5, 0.6) is 0 Å². The Morgan fingerprint density at radius 2 is 1.88 bits per heavy atom. The van der Waals surface area contributed by atoms with Crippen molar-refractivity contribution in [1.29, 1.82) is 0 Å². The second-order valence-corrected chi connectivity index (χ2v) is 1.76. The monoisotopic (exact) mass is 117 g/mol. The molecule has 0 heterocycles. The molecule has 0 saturated carbocycles. The number of unbranched alkanes of at least 4 members (excludes halogenated alkanes) is 3. The molecule has 0 aromatic heterocycles. The van der Waals surface area contributed by atoms with Crippen molar-refractivity contribution >= 4 is 0 Å². The van der Waals surface area contributed by atoms with Crippen molar-refractivity contribution in [3.8, 4) is 0 Å². The first-order chi connectivity index (χ1) is 3.91. The van der Waals surface area contributed by atoms with Crippen molar-refractivity contribution in [3.63, 3.8) is 0 Å². The highest BCUT2D eigenvalue weighted by molar-refractivity contribution is 4.47. The summed E-state index contributed by atoms with van der Waals surface area (Å²) in [5, 5.41) is 16.5. The van der Waals surface area contributed by atoms with Crippen LogP contribution in [-0.2, 0) is 0 Å². The number of rotatable bonds is 5. The fourth-order valence-electron chi connectivity index (χ4n) is 0.524. The molecule has 0 fully saturated rings. The fraction of sp³-hybridized carbons (Fsp3) is 0.833. The number of aliphatic hydroxyl groups excluding tert-OH is 2. The Hall–Kier alpha value is -0.0800. The van der Waals surface area contributed by atoms with Crippen molar-refractivity contribution in [2.45, 2.75) is 25.7 Å². The number of aliphatic hydroxyl groups is 2. The molecule has 0 aliphatic carbocycles. The standard InChI is InChI=1S/C6H13O2/c7-5-3-1-2-4-6-8/h5,7-8H,1-4,6H2. The smallest absolute Gasteiger partial charge is 0.0799 e. The molecule has 2 N–H and O–H groups in total. The van der Waals surface area contributed by atoms with Crippen LogP contribution in [0.1, 0.15) is 25.7 Å². The van der Waals surface area contributed by atoms with E-state index in [4.69, 9.17) is 10.2 Å². The van der Waals surface area contributed by atoms with Gasteiger partial charge in [-0.2, -0.15) is 0 Å². The first kappa shape index (κ1) is 7.92. The highest BCUT2D eigenvalue weighted by atomic mass is 16.3. The Morgan fingerprint density at radius 1 is 1.12 bits per heavy atom. The maximum atomic E-state index is 8.29. The third-order valence-corrected chi connectivity index (χ3v) is 0.991. The van der Waals surface area contributed by atoms with E-state index >= 15 is 0 Å². The molecule has 0 amide bonds. The molecule has 2 heteroatoms. The zero-order valence-corrected chi connectivity index (χ0v) is 5.01. The minimum Gasteiger partial charge on any atom is -0.396 e. The lowest BCUT2D eigenvalue weighted by molar-refractivity contribution is 0.280. The zero-order chi connectivity index (χ0) is 6.24. The molecule has 0 saturated heterocycles. The summed E-state index contributed by atoms with van der Waals surface area (Å²) in [5.41, 5.74) is 0. The minimum absolute atomic E-state index is 0.269. The molecule has 8 heavy (non-hydrogen) atoms. The molecule has 0 bridgehead atoms. The van der Waals surface area contributed by atoms with E-state index in [1.807, 2.05) is 0 Å². The van der Waals surface area contributed by atoms with Crippen LogP contribution in [0.2, 0.25) is 0 Å². The van der Waals surface area contributed by atoms with Crippen molar-refractivity contribution in [1.82, 2.24) is 0 Å². The molecule has 0 aromatic rings. The molecular weight excluding hydrogens is 104 g/mol. The molecule has 0 aliphatic heterocycles. The molecule has 0 spiro atoms. The van der Waals surface area contributed by atoms with Crippen LogP contribution in [0, 0.1) is 6.61 Å². The van der Waals surface area contributed by atoms with Gasteiger partial charge < -0.3 is 10.2 Å². The number of hydrogen-bond donors (Lipinski definition) is 2. The van der Waals surface area contributed by atoms with E-state index in [9.17, 15) is 0 Å². The Kier molecular flexibility index (Phi) is 6.85. The first-order valence-electron chi connectivity index (χ1n) is 2.98. The molecule has 49 valence electrons. The Labute approximate surface area is 50.2 Å². The first-order valence-corrected chi connectivity index (χ1v) is 2.98. The number of hydrogen-bond acceptors (Lipinski definition) is 2. The van der Waals surface area contributed by atoms with Gasteiger partial charge in [-0.15, -0.1) is 0 Å². The van der Waals surface area contributed by atoms with Crippen molar-refractivity contribution in [2.24, 2.45) is 0 Å². The summed E-state index contributed by atoms with van der Waals surface area (Å²) in [6.07, 6.45) is 3.60. The van der Waals surface area contributed by atoms with Crippen molar-refractivity contribution < 1.29 is 10.2 Å². The molecule has 1 radical (unpaired) electrons.